The van der Waals surface area contributed by atoms with E-state index in [9.17, 15) is 0 Å². The first-order valence-corrected chi connectivity index (χ1v) is 8.60. The number of hydrogen-bond acceptors (Lipinski definition) is 2. The van der Waals surface area contributed by atoms with E-state index < -0.39 is 0 Å². The SMILES string of the molecule is [c]1ccc(SC2c3ccccc3Sc3ccccc32)cc1. The third-order valence-corrected chi connectivity index (χ3v) is 6.04. The lowest BCUT2D eigenvalue weighted by molar-refractivity contribution is 1.03. The van der Waals surface area contributed by atoms with Crippen molar-refractivity contribution in [1.29, 1.82) is 0 Å². The Morgan fingerprint density at radius 2 is 1.33 bits per heavy atom. The van der Waals surface area contributed by atoms with Gasteiger partial charge in [-0.25, -0.2) is 0 Å². The molecule has 0 nitrogen and oxygen atoms in total. The maximum atomic E-state index is 3.09. The molecule has 0 unspecified atom stereocenters. The Balaban J connectivity index is 1.82. The van der Waals surface area contributed by atoms with E-state index >= 15 is 0 Å². The summed E-state index contributed by atoms with van der Waals surface area (Å²) in [7, 11) is 0. The van der Waals surface area contributed by atoms with Crippen LogP contribution in [0.4, 0.5) is 0 Å². The molecule has 0 N–H and O–H groups in total. The van der Waals surface area contributed by atoms with E-state index in [4.69, 9.17) is 0 Å². The number of fused-ring (bicyclic) bond motifs is 2. The first-order chi connectivity index (χ1) is 10.4. The molecule has 3 aromatic rings. The molecule has 0 fully saturated rings. The minimum Gasteiger partial charge on any atom is -0.113 e. The van der Waals surface area contributed by atoms with Crippen molar-refractivity contribution in [1.82, 2.24) is 0 Å². The number of rotatable bonds is 2. The van der Waals surface area contributed by atoms with Crippen LogP contribution in [-0.2, 0) is 0 Å². The fourth-order valence-electron chi connectivity index (χ4n) is 2.58. The van der Waals surface area contributed by atoms with Gasteiger partial charge in [0, 0.05) is 14.7 Å². The molecule has 1 aliphatic heterocycles. The molecule has 0 atom stereocenters. The molecule has 4 rings (SSSR count). The quantitative estimate of drug-likeness (QED) is 0.584. The molecule has 0 spiro atoms. The van der Waals surface area contributed by atoms with Gasteiger partial charge in [-0.2, -0.15) is 0 Å². The highest BCUT2D eigenvalue weighted by atomic mass is 32.2. The van der Waals surface area contributed by atoms with Gasteiger partial charge in [0.05, 0.1) is 5.25 Å². The fraction of sp³-hybridized carbons (Fsp3) is 0.0526. The largest absolute Gasteiger partial charge is 0.113 e. The summed E-state index contributed by atoms with van der Waals surface area (Å²) in [4.78, 5) is 4.03. The summed E-state index contributed by atoms with van der Waals surface area (Å²) in [5, 5.41) is 0.362. The molecule has 21 heavy (non-hydrogen) atoms. The summed E-state index contributed by atoms with van der Waals surface area (Å²) in [6.07, 6.45) is 0. The Morgan fingerprint density at radius 3 is 1.95 bits per heavy atom. The standard InChI is InChI=1S/C19H13S2/c1-2-8-14(9-3-1)20-19-15-10-4-6-12-17(15)21-18-13-7-5-11-16(18)19/h2-13,19H. The Labute approximate surface area is 133 Å². The van der Waals surface area contributed by atoms with Gasteiger partial charge in [0.25, 0.3) is 0 Å². The van der Waals surface area contributed by atoms with Crippen molar-refractivity contribution in [2.24, 2.45) is 0 Å². The van der Waals surface area contributed by atoms with Gasteiger partial charge >= 0.3 is 0 Å². The van der Waals surface area contributed by atoms with E-state index in [1.807, 2.05) is 35.7 Å². The van der Waals surface area contributed by atoms with Crippen molar-refractivity contribution in [3.05, 3.63) is 90.0 Å². The van der Waals surface area contributed by atoms with Crippen LogP contribution >= 0.6 is 23.5 Å². The Hall–Kier alpha value is -1.64. The van der Waals surface area contributed by atoms with Gasteiger partial charge in [0.1, 0.15) is 0 Å². The first kappa shape index (κ1) is 13.1. The van der Waals surface area contributed by atoms with Crippen molar-refractivity contribution in [3.63, 3.8) is 0 Å². The highest BCUT2D eigenvalue weighted by Gasteiger charge is 2.26. The molecular weight excluding hydrogens is 292 g/mol. The number of benzene rings is 3. The van der Waals surface area contributed by atoms with Crippen molar-refractivity contribution >= 4 is 23.5 Å². The predicted octanol–water partition coefficient (Wildman–Crippen LogP) is 5.83. The van der Waals surface area contributed by atoms with E-state index in [2.05, 4.69) is 66.7 Å². The van der Waals surface area contributed by atoms with Crippen LogP contribution in [0.3, 0.4) is 0 Å². The molecule has 0 aromatic heterocycles. The Bertz CT molecular complexity index is 720. The van der Waals surface area contributed by atoms with Gasteiger partial charge in [0.15, 0.2) is 0 Å². The fourth-order valence-corrected chi connectivity index (χ4v) is 5.10. The molecule has 1 heterocycles. The minimum absolute atomic E-state index is 0.362. The average Bonchev–Trinajstić information content (AvgIpc) is 2.55. The van der Waals surface area contributed by atoms with Gasteiger partial charge in [-0.15, -0.1) is 11.8 Å². The van der Waals surface area contributed by atoms with Crippen LogP contribution in [0.1, 0.15) is 16.4 Å². The molecule has 2 heteroatoms. The molecule has 101 valence electrons. The van der Waals surface area contributed by atoms with Crippen LogP contribution in [0.25, 0.3) is 0 Å². The van der Waals surface area contributed by atoms with Gasteiger partial charge < -0.3 is 0 Å². The summed E-state index contributed by atoms with van der Waals surface area (Å²) < 4.78 is 0. The molecule has 0 amide bonds. The molecule has 0 saturated heterocycles. The lowest BCUT2D eigenvalue weighted by atomic mass is 10.0. The number of hydrogen-bond donors (Lipinski definition) is 0. The second kappa shape index (κ2) is 5.63. The maximum absolute atomic E-state index is 3.09. The van der Waals surface area contributed by atoms with Crippen molar-refractivity contribution in [2.75, 3.05) is 0 Å². The highest BCUT2D eigenvalue weighted by Crippen LogP contribution is 2.51. The second-order valence-corrected chi connectivity index (χ2v) is 7.17. The molecule has 1 radical (unpaired) electrons. The summed E-state index contributed by atoms with van der Waals surface area (Å²) in [5.74, 6) is 0. The lowest BCUT2D eigenvalue weighted by Crippen LogP contribution is -2.05. The summed E-state index contributed by atoms with van der Waals surface area (Å²) in [6.45, 7) is 0. The topological polar surface area (TPSA) is 0 Å². The third kappa shape index (κ3) is 2.50. The smallest absolute Gasteiger partial charge is 0.0616 e. The van der Waals surface area contributed by atoms with Crippen LogP contribution in [0.2, 0.25) is 0 Å². The summed E-state index contributed by atoms with van der Waals surface area (Å²) >= 11 is 3.79. The molecule has 0 bridgehead atoms. The molecule has 0 saturated carbocycles. The predicted molar refractivity (Wildman–Crippen MR) is 90.0 cm³/mol. The van der Waals surface area contributed by atoms with Gasteiger partial charge in [-0.05, 0) is 41.5 Å². The van der Waals surface area contributed by atoms with Gasteiger partial charge in [0.2, 0.25) is 0 Å². The van der Waals surface area contributed by atoms with E-state index in [1.54, 1.807) is 0 Å². The third-order valence-electron chi connectivity index (χ3n) is 3.56. The van der Waals surface area contributed by atoms with E-state index in [0.717, 1.165) is 0 Å². The van der Waals surface area contributed by atoms with Crippen LogP contribution in [0.5, 0.6) is 0 Å². The zero-order chi connectivity index (χ0) is 14.1. The van der Waals surface area contributed by atoms with Crippen molar-refractivity contribution in [3.8, 4) is 0 Å². The minimum atomic E-state index is 0.362. The monoisotopic (exact) mass is 305 g/mol. The molecule has 3 aromatic carbocycles. The van der Waals surface area contributed by atoms with Crippen LogP contribution < -0.4 is 0 Å². The van der Waals surface area contributed by atoms with Crippen LogP contribution in [0, 0.1) is 6.07 Å². The Kier molecular flexibility index (Phi) is 3.50. The van der Waals surface area contributed by atoms with Crippen LogP contribution in [0.15, 0.2) is 87.5 Å². The molecular formula is C19H13S2. The van der Waals surface area contributed by atoms with Gasteiger partial charge in [-0.3, -0.25) is 0 Å². The maximum Gasteiger partial charge on any atom is 0.0616 e. The van der Waals surface area contributed by atoms with Crippen LogP contribution in [-0.4, -0.2) is 0 Å². The van der Waals surface area contributed by atoms with Gasteiger partial charge in [-0.1, -0.05) is 60.3 Å². The molecule has 1 aliphatic rings. The zero-order valence-corrected chi connectivity index (χ0v) is 13.0. The summed E-state index contributed by atoms with van der Waals surface area (Å²) in [5.41, 5.74) is 2.83. The van der Waals surface area contributed by atoms with Crippen molar-refractivity contribution in [2.45, 2.75) is 19.9 Å². The second-order valence-electron chi connectivity index (χ2n) is 4.91. The highest BCUT2D eigenvalue weighted by molar-refractivity contribution is 8.01. The van der Waals surface area contributed by atoms with Crippen molar-refractivity contribution < 1.29 is 0 Å². The zero-order valence-electron chi connectivity index (χ0n) is 11.3. The Morgan fingerprint density at radius 1 is 0.762 bits per heavy atom. The molecule has 0 aliphatic carbocycles. The normalized spacial score (nSPS) is 13.5. The first-order valence-electron chi connectivity index (χ1n) is 6.90. The van der Waals surface area contributed by atoms with E-state index in [0.29, 0.717) is 5.25 Å². The lowest BCUT2D eigenvalue weighted by Gasteiger charge is -2.27. The average molecular weight is 305 g/mol. The summed E-state index contributed by atoms with van der Waals surface area (Å²) in [6, 6.07) is 28.8. The van der Waals surface area contributed by atoms with E-state index in [-0.39, 0.29) is 0 Å². The van der Waals surface area contributed by atoms with E-state index in [1.165, 1.54) is 25.8 Å². The number of thioether (sulfide) groups is 1.